The maximum Gasteiger partial charge on any atom is 0.142 e. The predicted octanol–water partition coefficient (Wildman–Crippen LogP) is 1.32. The normalized spacial score (nSPS) is 18.2. The van der Waals surface area contributed by atoms with Gasteiger partial charge in [0.05, 0.1) is 6.04 Å². The second-order valence-electron chi connectivity index (χ2n) is 2.30. The van der Waals surface area contributed by atoms with Crippen LogP contribution in [0.4, 0.5) is 0 Å². The Labute approximate surface area is 83.1 Å². The van der Waals surface area contributed by atoms with Gasteiger partial charge in [0.2, 0.25) is 0 Å². The van der Waals surface area contributed by atoms with Crippen molar-refractivity contribution in [3.05, 3.63) is 24.0 Å². The number of aromatic nitrogens is 1. The summed E-state index contributed by atoms with van der Waals surface area (Å²) in [6.45, 7) is 0.562. The zero-order valence-electron chi connectivity index (χ0n) is 6.27. The van der Waals surface area contributed by atoms with Crippen LogP contribution >= 0.6 is 24.8 Å². The lowest BCUT2D eigenvalue weighted by Crippen LogP contribution is -2.11. The maximum atomic E-state index is 5.66. The Morgan fingerprint density at radius 2 is 2.25 bits per heavy atom. The highest BCUT2D eigenvalue weighted by Gasteiger charge is 2.20. The van der Waals surface area contributed by atoms with Gasteiger partial charge in [-0.3, -0.25) is 4.98 Å². The van der Waals surface area contributed by atoms with Crippen molar-refractivity contribution in [1.82, 2.24) is 4.98 Å². The highest BCUT2D eigenvalue weighted by atomic mass is 35.5. The Morgan fingerprint density at radius 1 is 1.50 bits per heavy atom. The highest BCUT2D eigenvalue weighted by molar-refractivity contribution is 5.85. The van der Waals surface area contributed by atoms with Crippen molar-refractivity contribution in [3.8, 4) is 5.75 Å². The summed E-state index contributed by atoms with van der Waals surface area (Å²) in [7, 11) is 0. The smallest absolute Gasteiger partial charge is 0.142 e. The van der Waals surface area contributed by atoms with Crippen LogP contribution in [0.1, 0.15) is 11.7 Å². The molecule has 0 bridgehead atoms. The summed E-state index contributed by atoms with van der Waals surface area (Å²) in [5.74, 6) is 0.829. The lowest BCUT2D eigenvalue weighted by atomic mass is 10.2. The average molecular weight is 209 g/mol. The molecule has 0 saturated heterocycles. The van der Waals surface area contributed by atoms with Crippen molar-refractivity contribution in [2.24, 2.45) is 5.73 Å². The first-order chi connectivity index (χ1) is 4.88. The number of rotatable bonds is 0. The molecule has 3 nitrogen and oxygen atoms in total. The monoisotopic (exact) mass is 208 g/mol. The Kier molecular flexibility index (Phi) is 4.31. The Hall–Kier alpha value is -0.510. The lowest BCUT2D eigenvalue weighted by molar-refractivity contribution is 0.333. The van der Waals surface area contributed by atoms with Crippen LogP contribution in [-0.4, -0.2) is 11.6 Å². The summed E-state index contributed by atoms with van der Waals surface area (Å²) in [6, 6.07) is 3.70. The fourth-order valence-electron chi connectivity index (χ4n) is 1.06. The third-order valence-electron chi connectivity index (χ3n) is 1.57. The van der Waals surface area contributed by atoms with Crippen LogP contribution in [0.3, 0.4) is 0 Å². The molecule has 0 amide bonds. The number of nitrogens with two attached hydrogens (primary N) is 1. The zero-order valence-corrected chi connectivity index (χ0v) is 7.90. The molecule has 1 aliphatic rings. The van der Waals surface area contributed by atoms with Gasteiger partial charge in [-0.05, 0) is 12.1 Å². The van der Waals surface area contributed by atoms with Crippen LogP contribution in [0, 0.1) is 0 Å². The van der Waals surface area contributed by atoms with Gasteiger partial charge >= 0.3 is 0 Å². The van der Waals surface area contributed by atoms with Crippen LogP contribution < -0.4 is 10.5 Å². The van der Waals surface area contributed by atoms with E-state index in [2.05, 4.69) is 4.98 Å². The van der Waals surface area contributed by atoms with Crippen LogP contribution in [0.5, 0.6) is 5.75 Å². The van der Waals surface area contributed by atoms with E-state index >= 15 is 0 Å². The Balaban J connectivity index is 0.000000605. The van der Waals surface area contributed by atoms with Gasteiger partial charge in [0, 0.05) is 6.20 Å². The molecule has 0 fully saturated rings. The molecule has 2 N–H and O–H groups in total. The predicted molar refractivity (Wildman–Crippen MR) is 51.2 cm³/mol. The number of hydrogen-bond donors (Lipinski definition) is 1. The number of pyridine rings is 1. The van der Waals surface area contributed by atoms with E-state index in [1.165, 1.54) is 0 Å². The van der Waals surface area contributed by atoms with E-state index in [-0.39, 0.29) is 30.9 Å². The quantitative estimate of drug-likeness (QED) is 0.700. The summed E-state index contributed by atoms with van der Waals surface area (Å²) < 4.78 is 5.22. The molecule has 2 heterocycles. The van der Waals surface area contributed by atoms with Crippen molar-refractivity contribution in [2.75, 3.05) is 6.61 Å². The molecule has 1 aliphatic heterocycles. The van der Waals surface area contributed by atoms with Gasteiger partial charge in [0.1, 0.15) is 18.1 Å². The molecular formula is C7H10Cl2N2O. The number of halogens is 2. The largest absolute Gasteiger partial charge is 0.490 e. The molecule has 1 atom stereocenters. The summed E-state index contributed by atoms with van der Waals surface area (Å²) in [4.78, 5) is 4.09. The first-order valence-electron chi connectivity index (χ1n) is 3.21. The molecule has 0 spiro atoms. The lowest BCUT2D eigenvalue weighted by Gasteiger charge is -1.95. The van der Waals surface area contributed by atoms with Gasteiger partial charge < -0.3 is 10.5 Å². The summed E-state index contributed by atoms with van der Waals surface area (Å²) >= 11 is 0. The number of hydrogen-bond acceptors (Lipinski definition) is 3. The van der Waals surface area contributed by atoms with Gasteiger partial charge in [-0.1, -0.05) is 0 Å². The van der Waals surface area contributed by atoms with E-state index in [0.29, 0.717) is 6.61 Å². The van der Waals surface area contributed by atoms with E-state index in [0.717, 1.165) is 11.4 Å². The van der Waals surface area contributed by atoms with E-state index in [1.807, 2.05) is 12.1 Å². The molecule has 0 aliphatic carbocycles. The van der Waals surface area contributed by atoms with Crippen molar-refractivity contribution in [2.45, 2.75) is 6.04 Å². The second kappa shape index (κ2) is 4.50. The van der Waals surface area contributed by atoms with Gasteiger partial charge in [-0.25, -0.2) is 0 Å². The third kappa shape index (κ3) is 1.80. The molecule has 1 unspecified atom stereocenters. The van der Waals surface area contributed by atoms with Crippen molar-refractivity contribution in [1.29, 1.82) is 0 Å². The molecule has 0 radical (unpaired) electrons. The van der Waals surface area contributed by atoms with Crippen LogP contribution in [0.2, 0.25) is 0 Å². The molecule has 0 saturated carbocycles. The summed E-state index contributed by atoms with van der Waals surface area (Å²) in [6.07, 6.45) is 1.73. The van der Waals surface area contributed by atoms with Gasteiger partial charge in [-0.2, -0.15) is 0 Å². The first kappa shape index (κ1) is 11.5. The molecule has 1 aromatic rings. The Bertz CT molecular complexity index is 257. The van der Waals surface area contributed by atoms with E-state index < -0.39 is 0 Å². The third-order valence-corrected chi connectivity index (χ3v) is 1.57. The minimum Gasteiger partial charge on any atom is -0.490 e. The maximum absolute atomic E-state index is 5.66. The van der Waals surface area contributed by atoms with Crippen LogP contribution in [-0.2, 0) is 0 Å². The van der Waals surface area contributed by atoms with Gasteiger partial charge in [0.25, 0.3) is 0 Å². The standard InChI is InChI=1S/C7H8N2O.2ClH/c8-5-4-10-6-2-1-3-9-7(5)6;;/h1-3,5H,4,8H2;2*1H. The van der Waals surface area contributed by atoms with Crippen LogP contribution in [0.25, 0.3) is 0 Å². The van der Waals surface area contributed by atoms with E-state index in [9.17, 15) is 0 Å². The minimum absolute atomic E-state index is 0. The minimum atomic E-state index is -0.0313. The topological polar surface area (TPSA) is 48.1 Å². The van der Waals surface area contributed by atoms with Gasteiger partial charge in [0.15, 0.2) is 0 Å². The number of fused-ring (bicyclic) bond motifs is 1. The molecule has 12 heavy (non-hydrogen) atoms. The Morgan fingerprint density at radius 3 is 2.92 bits per heavy atom. The fraction of sp³-hybridized carbons (Fsp3) is 0.286. The van der Waals surface area contributed by atoms with E-state index in [4.69, 9.17) is 10.5 Å². The first-order valence-corrected chi connectivity index (χ1v) is 3.21. The second-order valence-corrected chi connectivity index (χ2v) is 2.30. The van der Waals surface area contributed by atoms with Gasteiger partial charge in [-0.15, -0.1) is 24.8 Å². The molecule has 1 aromatic heterocycles. The van der Waals surface area contributed by atoms with Crippen molar-refractivity contribution in [3.63, 3.8) is 0 Å². The van der Waals surface area contributed by atoms with Crippen molar-refractivity contribution < 1.29 is 4.74 Å². The highest BCUT2D eigenvalue weighted by Crippen LogP contribution is 2.27. The number of ether oxygens (including phenoxy) is 1. The summed E-state index contributed by atoms with van der Waals surface area (Å²) in [5.41, 5.74) is 6.54. The SMILES string of the molecule is Cl.Cl.NC1COc2cccnc21. The fourth-order valence-corrected chi connectivity index (χ4v) is 1.06. The molecule has 0 aromatic carbocycles. The molecule has 68 valence electrons. The van der Waals surface area contributed by atoms with Crippen molar-refractivity contribution >= 4 is 24.8 Å². The average Bonchev–Trinajstić information content (AvgIpc) is 2.34. The zero-order chi connectivity index (χ0) is 6.97. The molecule has 5 heteroatoms. The molecule has 2 rings (SSSR count). The van der Waals surface area contributed by atoms with Crippen LogP contribution in [0.15, 0.2) is 18.3 Å². The molecular weight excluding hydrogens is 199 g/mol. The van der Waals surface area contributed by atoms with E-state index in [1.54, 1.807) is 6.20 Å². The summed E-state index contributed by atoms with van der Waals surface area (Å²) in [5, 5.41) is 0. The number of nitrogens with zero attached hydrogens (tertiary/aromatic N) is 1.